The predicted molar refractivity (Wildman–Crippen MR) is 80.6 cm³/mol. The van der Waals surface area contributed by atoms with E-state index in [0.717, 1.165) is 12.3 Å². The Morgan fingerprint density at radius 2 is 1.88 bits per heavy atom. The number of carboxylic acids is 1. The maximum Gasteiger partial charge on any atom is 0.306 e. The van der Waals surface area contributed by atoms with Gasteiger partial charge in [-0.05, 0) is 25.0 Å². The molecule has 1 aromatic rings. The van der Waals surface area contributed by atoms with E-state index >= 15 is 0 Å². The normalized spacial score (nSPS) is 15.6. The van der Waals surface area contributed by atoms with Crippen molar-refractivity contribution >= 4 is 17.6 Å². The molecule has 0 spiro atoms. The largest absolute Gasteiger partial charge is 0.481 e. The molecule has 1 saturated heterocycles. The summed E-state index contributed by atoms with van der Waals surface area (Å²) in [5.41, 5.74) is -0.790. The Labute approximate surface area is 141 Å². The van der Waals surface area contributed by atoms with Crippen LogP contribution in [0.1, 0.15) is 12.8 Å². The van der Waals surface area contributed by atoms with Gasteiger partial charge in [0, 0.05) is 19.3 Å². The fourth-order valence-electron chi connectivity index (χ4n) is 2.43. The number of nitrogens with zero attached hydrogens (tertiary/aromatic N) is 2. The fourth-order valence-corrected chi connectivity index (χ4v) is 2.43. The summed E-state index contributed by atoms with van der Waals surface area (Å²) in [5.74, 6) is -6.61. The number of nitriles is 1. The van der Waals surface area contributed by atoms with Crippen LogP contribution in [0.25, 0.3) is 0 Å². The molecule has 0 aromatic heterocycles. The number of likely N-dealkylation sites (tertiary alicyclic amines) is 1. The van der Waals surface area contributed by atoms with Gasteiger partial charge in [-0.3, -0.25) is 9.59 Å². The first kappa shape index (κ1) is 18.3. The molecule has 6 nitrogen and oxygen atoms in total. The molecule has 1 aliphatic rings. The maximum atomic E-state index is 13.6. The molecule has 1 heterocycles. The number of hydrogen-bond donors (Lipinski definition) is 2. The molecular formula is C16H14F3N3O3. The van der Waals surface area contributed by atoms with E-state index in [2.05, 4.69) is 5.32 Å². The molecule has 1 amide bonds. The molecule has 0 unspecified atom stereocenters. The van der Waals surface area contributed by atoms with Crippen LogP contribution in [0, 0.1) is 34.7 Å². The van der Waals surface area contributed by atoms with Crippen LogP contribution in [0.2, 0.25) is 0 Å². The third-order valence-corrected chi connectivity index (χ3v) is 3.89. The van der Waals surface area contributed by atoms with E-state index in [4.69, 9.17) is 10.4 Å². The zero-order valence-electron chi connectivity index (χ0n) is 12.9. The highest BCUT2D eigenvalue weighted by Gasteiger charge is 2.28. The zero-order valence-corrected chi connectivity index (χ0v) is 12.9. The molecule has 25 heavy (non-hydrogen) atoms. The van der Waals surface area contributed by atoms with Crippen LogP contribution < -0.4 is 5.32 Å². The third kappa shape index (κ3) is 4.09. The van der Waals surface area contributed by atoms with E-state index in [-0.39, 0.29) is 31.5 Å². The minimum atomic E-state index is -1.67. The van der Waals surface area contributed by atoms with E-state index in [1.54, 1.807) is 6.07 Å². The molecule has 1 aromatic carbocycles. The predicted octanol–water partition coefficient (Wildman–Crippen LogP) is 2.25. The lowest BCUT2D eigenvalue weighted by Gasteiger charge is -2.29. The van der Waals surface area contributed by atoms with Gasteiger partial charge in [-0.2, -0.15) is 5.26 Å². The number of nitrogens with one attached hydrogen (secondary N) is 1. The van der Waals surface area contributed by atoms with Gasteiger partial charge >= 0.3 is 5.97 Å². The summed E-state index contributed by atoms with van der Waals surface area (Å²) >= 11 is 0. The van der Waals surface area contributed by atoms with E-state index < -0.39 is 40.9 Å². The van der Waals surface area contributed by atoms with Crippen molar-refractivity contribution in [1.29, 1.82) is 5.26 Å². The van der Waals surface area contributed by atoms with Gasteiger partial charge < -0.3 is 15.3 Å². The van der Waals surface area contributed by atoms with Crippen LogP contribution in [-0.2, 0) is 9.59 Å². The van der Waals surface area contributed by atoms with E-state index in [1.165, 1.54) is 4.90 Å². The van der Waals surface area contributed by atoms with Crippen LogP contribution in [-0.4, -0.2) is 35.0 Å². The SMILES string of the molecule is N#C/C(=C/Nc1ccc(F)c(F)c1F)C(=O)N1CCC(C(=O)O)CC1. The van der Waals surface area contributed by atoms with Crippen molar-refractivity contribution in [2.45, 2.75) is 12.8 Å². The summed E-state index contributed by atoms with van der Waals surface area (Å²) in [4.78, 5) is 24.5. The molecule has 0 bridgehead atoms. The van der Waals surface area contributed by atoms with Gasteiger partial charge in [-0.25, -0.2) is 13.2 Å². The molecule has 2 N–H and O–H groups in total. The average Bonchev–Trinajstić information content (AvgIpc) is 2.61. The number of aliphatic carboxylic acids is 1. The van der Waals surface area contributed by atoms with Gasteiger partial charge in [-0.1, -0.05) is 0 Å². The minimum absolute atomic E-state index is 0.175. The van der Waals surface area contributed by atoms with E-state index in [9.17, 15) is 22.8 Å². The van der Waals surface area contributed by atoms with Gasteiger partial charge in [0.05, 0.1) is 11.6 Å². The highest BCUT2D eigenvalue weighted by Crippen LogP contribution is 2.21. The van der Waals surface area contributed by atoms with Crippen molar-refractivity contribution in [3.8, 4) is 6.07 Å². The lowest BCUT2D eigenvalue weighted by Crippen LogP contribution is -2.40. The molecule has 0 radical (unpaired) electrons. The van der Waals surface area contributed by atoms with Crippen molar-refractivity contribution < 1.29 is 27.9 Å². The van der Waals surface area contributed by atoms with Crippen molar-refractivity contribution in [3.05, 3.63) is 41.4 Å². The molecule has 9 heteroatoms. The van der Waals surface area contributed by atoms with Crippen LogP contribution in [0.3, 0.4) is 0 Å². The summed E-state index contributed by atoms with van der Waals surface area (Å²) in [6, 6.07) is 3.29. The Morgan fingerprint density at radius 1 is 1.24 bits per heavy atom. The van der Waals surface area contributed by atoms with Gasteiger partial charge in [0.15, 0.2) is 17.5 Å². The molecule has 1 fully saturated rings. The van der Waals surface area contributed by atoms with Crippen LogP contribution in [0.15, 0.2) is 23.9 Å². The number of hydrogen-bond acceptors (Lipinski definition) is 4. The average molecular weight is 353 g/mol. The van der Waals surface area contributed by atoms with E-state index in [1.807, 2.05) is 0 Å². The standard InChI is InChI=1S/C16H14F3N3O3/c17-11-1-2-12(14(19)13(11)18)21-8-10(7-20)15(23)22-5-3-9(4-6-22)16(24)25/h1-2,8-9,21H,3-6H2,(H,24,25)/b10-8-. The van der Waals surface area contributed by atoms with Crippen molar-refractivity contribution in [1.82, 2.24) is 4.90 Å². The number of amides is 1. The Kier molecular flexibility index (Phi) is 5.64. The first-order chi connectivity index (χ1) is 11.8. The molecular weight excluding hydrogens is 339 g/mol. The highest BCUT2D eigenvalue weighted by molar-refractivity contribution is 5.97. The van der Waals surface area contributed by atoms with E-state index in [0.29, 0.717) is 6.07 Å². The Hall–Kier alpha value is -3.02. The summed E-state index contributed by atoms with van der Waals surface area (Å²) < 4.78 is 39.6. The van der Waals surface area contributed by atoms with Crippen molar-refractivity contribution in [2.24, 2.45) is 5.92 Å². The third-order valence-electron chi connectivity index (χ3n) is 3.89. The first-order valence-electron chi connectivity index (χ1n) is 7.37. The van der Waals surface area contributed by atoms with Gasteiger partial charge in [-0.15, -0.1) is 0 Å². The molecule has 0 aliphatic carbocycles. The van der Waals surface area contributed by atoms with Gasteiger partial charge in [0.2, 0.25) is 0 Å². The van der Waals surface area contributed by atoms with Crippen LogP contribution >= 0.6 is 0 Å². The molecule has 132 valence electrons. The number of rotatable bonds is 4. The zero-order chi connectivity index (χ0) is 18.6. The van der Waals surface area contributed by atoms with Crippen molar-refractivity contribution in [3.63, 3.8) is 0 Å². The quantitative estimate of drug-likeness (QED) is 0.492. The topological polar surface area (TPSA) is 93.4 Å². The molecule has 0 saturated carbocycles. The molecule has 0 atom stereocenters. The van der Waals surface area contributed by atoms with Gasteiger partial charge in [0.25, 0.3) is 5.91 Å². The molecule has 2 rings (SSSR count). The number of benzene rings is 1. The summed E-state index contributed by atoms with van der Waals surface area (Å²) in [7, 11) is 0. The smallest absolute Gasteiger partial charge is 0.306 e. The minimum Gasteiger partial charge on any atom is -0.481 e. The summed E-state index contributed by atoms with van der Waals surface area (Å²) in [5, 5.41) is 20.3. The summed E-state index contributed by atoms with van der Waals surface area (Å²) in [6.07, 6.45) is 1.44. The second kappa shape index (κ2) is 7.70. The number of carbonyl (C=O) groups excluding carboxylic acids is 1. The maximum absolute atomic E-state index is 13.6. The second-order valence-corrected chi connectivity index (χ2v) is 5.44. The number of carboxylic acid groups (broad SMARTS) is 1. The lowest BCUT2D eigenvalue weighted by atomic mass is 9.97. The lowest BCUT2D eigenvalue weighted by molar-refractivity contribution is -0.145. The van der Waals surface area contributed by atoms with Crippen LogP contribution in [0.4, 0.5) is 18.9 Å². The number of piperidine rings is 1. The Bertz CT molecular complexity index is 766. The number of halogens is 3. The van der Waals surface area contributed by atoms with Crippen LogP contribution in [0.5, 0.6) is 0 Å². The van der Waals surface area contributed by atoms with Gasteiger partial charge in [0.1, 0.15) is 11.6 Å². The summed E-state index contributed by atoms with van der Waals surface area (Å²) in [6.45, 7) is 0.350. The number of anilines is 1. The monoisotopic (exact) mass is 353 g/mol. The molecule has 1 aliphatic heterocycles. The first-order valence-corrected chi connectivity index (χ1v) is 7.37. The number of carbonyl (C=O) groups is 2. The Morgan fingerprint density at radius 3 is 2.44 bits per heavy atom. The fraction of sp³-hybridized carbons (Fsp3) is 0.312. The second-order valence-electron chi connectivity index (χ2n) is 5.44. The Balaban J connectivity index is 2.08. The van der Waals surface area contributed by atoms with Crippen molar-refractivity contribution in [2.75, 3.05) is 18.4 Å². The highest BCUT2D eigenvalue weighted by atomic mass is 19.2.